The van der Waals surface area contributed by atoms with Crippen molar-refractivity contribution in [1.29, 1.82) is 0 Å². The second-order valence-corrected chi connectivity index (χ2v) is 4.47. The molecule has 1 saturated carbocycles. The van der Waals surface area contributed by atoms with Gasteiger partial charge in [0.25, 0.3) is 0 Å². The standard InChI is InChI=1S/C10H15N5O4/c1-2-3-4-14-9(11-12-13-14)6-19-10(16)7-5-8(7)15(17)18/h7-8H,2-6H2,1H3. The number of rotatable bonds is 7. The molecule has 1 aliphatic rings. The van der Waals surface area contributed by atoms with Crippen molar-refractivity contribution < 1.29 is 14.5 Å². The summed E-state index contributed by atoms with van der Waals surface area (Å²) < 4.78 is 6.58. The molecular weight excluding hydrogens is 254 g/mol. The average Bonchev–Trinajstić information content (AvgIpc) is 3.08. The van der Waals surface area contributed by atoms with Gasteiger partial charge in [-0.3, -0.25) is 14.9 Å². The Hall–Kier alpha value is -2.06. The lowest BCUT2D eigenvalue weighted by Crippen LogP contribution is -2.15. The number of carbonyl (C=O) groups is 1. The van der Waals surface area contributed by atoms with Crippen LogP contribution in [0.2, 0.25) is 0 Å². The number of tetrazole rings is 1. The molecule has 0 amide bonds. The summed E-state index contributed by atoms with van der Waals surface area (Å²) in [6, 6.07) is -0.788. The SMILES string of the molecule is CCCCn1nnnc1COC(=O)C1CC1[N+](=O)[O-]. The molecule has 19 heavy (non-hydrogen) atoms. The van der Waals surface area contributed by atoms with Crippen molar-refractivity contribution in [3.05, 3.63) is 15.9 Å². The first-order valence-electron chi connectivity index (χ1n) is 6.18. The third kappa shape index (κ3) is 3.24. The first-order chi connectivity index (χ1) is 9.13. The highest BCUT2D eigenvalue weighted by Gasteiger charge is 2.54. The van der Waals surface area contributed by atoms with E-state index in [1.54, 1.807) is 4.68 Å². The molecule has 0 aliphatic heterocycles. The lowest BCUT2D eigenvalue weighted by Gasteiger charge is -2.04. The fraction of sp³-hybridized carbons (Fsp3) is 0.800. The quantitative estimate of drug-likeness (QED) is 0.394. The van der Waals surface area contributed by atoms with E-state index in [9.17, 15) is 14.9 Å². The van der Waals surface area contributed by atoms with Crippen LogP contribution in [-0.4, -0.2) is 37.1 Å². The number of esters is 1. The zero-order valence-electron chi connectivity index (χ0n) is 10.6. The number of aromatic nitrogens is 4. The summed E-state index contributed by atoms with van der Waals surface area (Å²) in [6.07, 6.45) is 2.19. The maximum atomic E-state index is 11.5. The van der Waals surface area contributed by atoms with Gasteiger partial charge in [-0.2, -0.15) is 0 Å². The van der Waals surface area contributed by atoms with Crippen LogP contribution in [0.4, 0.5) is 0 Å². The van der Waals surface area contributed by atoms with Crippen LogP contribution in [-0.2, 0) is 22.7 Å². The van der Waals surface area contributed by atoms with E-state index in [1.165, 1.54) is 0 Å². The molecular formula is C10H15N5O4. The van der Waals surface area contributed by atoms with Crippen molar-refractivity contribution in [3.8, 4) is 0 Å². The zero-order valence-corrected chi connectivity index (χ0v) is 10.6. The molecule has 1 fully saturated rings. The Labute approximate surface area is 109 Å². The smallest absolute Gasteiger partial charge is 0.316 e. The molecule has 0 spiro atoms. The first-order valence-corrected chi connectivity index (χ1v) is 6.18. The third-order valence-electron chi connectivity index (χ3n) is 3.00. The molecule has 9 heteroatoms. The van der Waals surface area contributed by atoms with Gasteiger partial charge in [0.05, 0.1) is 0 Å². The van der Waals surface area contributed by atoms with Crippen molar-refractivity contribution in [1.82, 2.24) is 20.2 Å². The zero-order chi connectivity index (χ0) is 13.8. The van der Waals surface area contributed by atoms with Gasteiger partial charge in [-0.1, -0.05) is 13.3 Å². The van der Waals surface area contributed by atoms with Gasteiger partial charge in [0, 0.05) is 17.9 Å². The van der Waals surface area contributed by atoms with Crippen molar-refractivity contribution in [2.24, 2.45) is 5.92 Å². The van der Waals surface area contributed by atoms with Gasteiger partial charge in [-0.15, -0.1) is 5.10 Å². The molecule has 0 saturated heterocycles. The number of carbonyl (C=O) groups excluding carboxylic acids is 1. The third-order valence-corrected chi connectivity index (χ3v) is 3.00. The van der Waals surface area contributed by atoms with Gasteiger partial charge >= 0.3 is 5.97 Å². The Kier molecular flexibility index (Phi) is 4.03. The van der Waals surface area contributed by atoms with Crippen LogP contribution >= 0.6 is 0 Å². The van der Waals surface area contributed by atoms with Crippen LogP contribution in [0, 0.1) is 16.0 Å². The van der Waals surface area contributed by atoms with E-state index >= 15 is 0 Å². The van der Waals surface area contributed by atoms with E-state index < -0.39 is 22.9 Å². The minimum atomic E-state index is -0.788. The fourth-order valence-corrected chi connectivity index (χ4v) is 1.72. The van der Waals surface area contributed by atoms with Gasteiger partial charge in [0.2, 0.25) is 6.04 Å². The molecule has 0 radical (unpaired) electrons. The lowest BCUT2D eigenvalue weighted by molar-refractivity contribution is -0.497. The molecule has 104 valence electrons. The summed E-state index contributed by atoms with van der Waals surface area (Å²) in [5.41, 5.74) is 0. The van der Waals surface area contributed by atoms with Gasteiger partial charge in [-0.25, -0.2) is 4.68 Å². The Balaban J connectivity index is 1.81. The lowest BCUT2D eigenvalue weighted by atomic mass is 10.3. The van der Waals surface area contributed by atoms with Crippen LogP contribution in [0.15, 0.2) is 0 Å². The topological polar surface area (TPSA) is 113 Å². The summed E-state index contributed by atoms with van der Waals surface area (Å²) in [6.45, 7) is 2.67. The minimum Gasteiger partial charge on any atom is -0.457 e. The molecule has 1 heterocycles. The fourth-order valence-electron chi connectivity index (χ4n) is 1.72. The van der Waals surface area contributed by atoms with E-state index in [1.807, 2.05) is 0 Å². The highest BCUT2D eigenvalue weighted by Crippen LogP contribution is 2.34. The largest absolute Gasteiger partial charge is 0.457 e. The predicted octanol–water partition coefficient (Wildman–Crippen LogP) is 0.182. The van der Waals surface area contributed by atoms with E-state index in [4.69, 9.17) is 4.74 Å². The molecule has 9 nitrogen and oxygen atoms in total. The maximum Gasteiger partial charge on any atom is 0.316 e. The van der Waals surface area contributed by atoms with E-state index in [2.05, 4.69) is 22.4 Å². The van der Waals surface area contributed by atoms with E-state index in [0.717, 1.165) is 12.8 Å². The van der Waals surface area contributed by atoms with Gasteiger partial charge in [0.1, 0.15) is 5.92 Å². The Bertz CT molecular complexity index is 474. The molecule has 0 aromatic carbocycles. The number of ether oxygens (including phenoxy) is 1. The molecule has 0 N–H and O–H groups in total. The molecule has 2 atom stereocenters. The van der Waals surface area contributed by atoms with Crippen LogP contribution < -0.4 is 0 Å². The average molecular weight is 269 g/mol. The number of nitrogens with zero attached hydrogens (tertiary/aromatic N) is 5. The van der Waals surface area contributed by atoms with Crippen molar-refractivity contribution in [3.63, 3.8) is 0 Å². The molecule has 2 rings (SSSR count). The molecule has 1 aromatic rings. The Morgan fingerprint density at radius 1 is 1.63 bits per heavy atom. The Morgan fingerprint density at radius 3 is 3.05 bits per heavy atom. The number of aryl methyl sites for hydroxylation is 1. The second-order valence-electron chi connectivity index (χ2n) is 4.47. The van der Waals surface area contributed by atoms with Crippen LogP contribution in [0.3, 0.4) is 0 Å². The summed E-state index contributed by atoms with van der Waals surface area (Å²) in [5, 5.41) is 21.5. The summed E-state index contributed by atoms with van der Waals surface area (Å²) in [7, 11) is 0. The highest BCUT2D eigenvalue weighted by molar-refractivity contribution is 5.76. The molecule has 2 unspecified atom stereocenters. The van der Waals surface area contributed by atoms with Crippen molar-refractivity contribution >= 4 is 5.97 Å². The highest BCUT2D eigenvalue weighted by atomic mass is 16.6. The van der Waals surface area contributed by atoms with Crippen LogP contribution in [0.25, 0.3) is 0 Å². The number of hydrogen-bond donors (Lipinski definition) is 0. The predicted molar refractivity (Wildman–Crippen MR) is 61.4 cm³/mol. The summed E-state index contributed by atoms with van der Waals surface area (Å²) in [5.74, 6) is -0.707. The summed E-state index contributed by atoms with van der Waals surface area (Å²) >= 11 is 0. The summed E-state index contributed by atoms with van der Waals surface area (Å²) in [4.78, 5) is 21.5. The number of hydrogen-bond acceptors (Lipinski definition) is 7. The van der Waals surface area contributed by atoms with Crippen LogP contribution in [0.5, 0.6) is 0 Å². The van der Waals surface area contributed by atoms with Gasteiger partial charge < -0.3 is 4.74 Å². The van der Waals surface area contributed by atoms with Gasteiger partial charge in [-0.05, 0) is 16.8 Å². The normalized spacial score (nSPS) is 21.1. The molecule has 1 aliphatic carbocycles. The van der Waals surface area contributed by atoms with E-state index in [0.29, 0.717) is 12.4 Å². The van der Waals surface area contributed by atoms with Gasteiger partial charge in [0.15, 0.2) is 12.4 Å². The minimum absolute atomic E-state index is 0.0452. The maximum absolute atomic E-state index is 11.5. The number of unbranched alkanes of at least 4 members (excludes halogenated alkanes) is 1. The second kappa shape index (κ2) is 5.72. The van der Waals surface area contributed by atoms with Crippen molar-refractivity contribution in [2.45, 2.75) is 45.4 Å². The van der Waals surface area contributed by atoms with Crippen LogP contribution in [0.1, 0.15) is 32.0 Å². The van der Waals surface area contributed by atoms with Crippen molar-refractivity contribution in [2.75, 3.05) is 0 Å². The van der Waals surface area contributed by atoms with E-state index in [-0.39, 0.29) is 13.0 Å². The molecule has 0 bridgehead atoms. The molecule has 1 aromatic heterocycles. The Morgan fingerprint density at radius 2 is 2.42 bits per heavy atom. The first kappa shape index (κ1) is 13.4. The number of nitro groups is 1. The monoisotopic (exact) mass is 269 g/mol.